The van der Waals surface area contributed by atoms with Crippen molar-refractivity contribution in [3.05, 3.63) is 58.4 Å². The zero-order valence-corrected chi connectivity index (χ0v) is 17.5. The summed E-state index contributed by atoms with van der Waals surface area (Å²) < 4.78 is 6.62. The summed E-state index contributed by atoms with van der Waals surface area (Å²) in [5.74, 6) is -0.667. The van der Waals surface area contributed by atoms with Gasteiger partial charge in [-0.3, -0.25) is 14.3 Å². The number of hydrogen-bond acceptors (Lipinski definition) is 4. The molecule has 0 aliphatic rings. The van der Waals surface area contributed by atoms with Crippen LogP contribution >= 0.6 is 0 Å². The zero-order chi connectivity index (χ0) is 20.8. The second kappa shape index (κ2) is 9.35. The van der Waals surface area contributed by atoms with Gasteiger partial charge in [-0.05, 0) is 46.3 Å². The maximum Gasteiger partial charge on any atom is 0.325 e. The van der Waals surface area contributed by atoms with Crippen molar-refractivity contribution in [1.29, 1.82) is 0 Å². The Balaban J connectivity index is 2.18. The van der Waals surface area contributed by atoms with Gasteiger partial charge in [0, 0.05) is 23.4 Å². The van der Waals surface area contributed by atoms with Gasteiger partial charge < -0.3 is 9.64 Å². The van der Waals surface area contributed by atoms with Crippen LogP contribution in [0.25, 0.3) is 6.08 Å². The van der Waals surface area contributed by atoms with Gasteiger partial charge in [0.25, 0.3) is 0 Å². The van der Waals surface area contributed by atoms with Crippen LogP contribution in [0.5, 0.6) is 0 Å². The van der Waals surface area contributed by atoms with Gasteiger partial charge in [0.1, 0.15) is 6.54 Å². The van der Waals surface area contributed by atoms with Crippen molar-refractivity contribution in [2.75, 3.05) is 13.7 Å². The lowest BCUT2D eigenvalue weighted by Gasteiger charge is -2.24. The van der Waals surface area contributed by atoms with Crippen molar-refractivity contribution in [2.45, 2.75) is 47.2 Å². The minimum Gasteiger partial charge on any atom is -0.468 e. The highest BCUT2D eigenvalue weighted by molar-refractivity contribution is 5.94. The minimum atomic E-state index is -0.436. The molecule has 1 aromatic carbocycles. The first-order valence-corrected chi connectivity index (χ1v) is 9.38. The number of rotatable bonds is 7. The number of ether oxygens (including phenoxy) is 1. The SMILES string of the molecule is COC(=O)CN(C(=O)C=Cc1c(C)nn(Cc2ccc(C)cc2)c1C)C(C)C. The van der Waals surface area contributed by atoms with E-state index < -0.39 is 5.97 Å². The van der Waals surface area contributed by atoms with Crippen LogP contribution < -0.4 is 0 Å². The molecule has 0 aliphatic heterocycles. The molecule has 0 fully saturated rings. The number of carbonyl (C=O) groups is 2. The fourth-order valence-corrected chi connectivity index (χ4v) is 2.94. The first-order chi connectivity index (χ1) is 13.2. The number of nitrogens with zero attached hydrogens (tertiary/aromatic N) is 3. The smallest absolute Gasteiger partial charge is 0.325 e. The molecule has 0 N–H and O–H groups in total. The molecule has 1 heterocycles. The Labute approximate surface area is 166 Å². The number of aryl methyl sites for hydroxylation is 2. The fraction of sp³-hybridized carbons (Fsp3) is 0.409. The highest BCUT2D eigenvalue weighted by atomic mass is 16.5. The third-order valence-corrected chi connectivity index (χ3v) is 4.72. The lowest BCUT2D eigenvalue weighted by Crippen LogP contribution is -2.40. The summed E-state index contributed by atoms with van der Waals surface area (Å²) in [5, 5.41) is 4.61. The Bertz CT molecular complexity index is 864. The van der Waals surface area contributed by atoms with Crippen molar-refractivity contribution in [1.82, 2.24) is 14.7 Å². The highest BCUT2D eigenvalue weighted by Crippen LogP contribution is 2.17. The molecule has 0 radical (unpaired) electrons. The van der Waals surface area contributed by atoms with Crippen LogP contribution in [0, 0.1) is 20.8 Å². The Morgan fingerprint density at radius 2 is 1.82 bits per heavy atom. The van der Waals surface area contributed by atoms with Crippen LogP contribution in [0.2, 0.25) is 0 Å². The maximum atomic E-state index is 12.6. The number of benzene rings is 1. The Kier molecular flexibility index (Phi) is 7.15. The molecule has 1 aromatic heterocycles. The van der Waals surface area contributed by atoms with Crippen LogP contribution in [0.15, 0.2) is 30.3 Å². The number of methoxy groups -OCH3 is 1. The summed E-state index contributed by atoms with van der Waals surface area (Å²) in [6.45, 7) is 10.3. The summed E-state index contributed by atoms with van der Waals surface area (Å²) in [6, 6.07) is 8.25. The van der Waals surface area contributed by atoms with E-state index in [-0.39, 0.29) is 18.5 Å². The van der Waals surface area contributed by atoms with Crippen molar-refractivity contribution < 1.29 is 14.3 Å². The van der Waals surface area contributed by atoms with Gasteiger partial charge in [-0.1, -0.05) is 29.8 Å². The summed E-state index contributed by atoms with van der Waals surface area (Å²) in [6.07, 6.45) is 3.27. The van der Waals surface area contributed by atoms with E-state index in [2.05, 4.69) is 41.0 Å². The largest absolute Gasteiger partial charge is 0.468 e. The Morgan fingerprint density at radius 3 is 2.39 bits per heavy atom. The molecule has 6 nitrogen and oxygen atoms in total. The van der Waals surface area contributed by atoms with E-state index >= 15 is 0 Å². The molecule has 2 aromatic rings. The molecule has 150 valence electrons. The maximum absolute atomic E-state index is 12.6. The molecule has 6 heteroatoms. The normalized spacial score (nSPS) is 11.2. The molecule has 2 rings (SSSR count). The quantitative estimate of drug-likeness (QED) is 0.544. The van der Waals surface area contributed by atoms with E-state index in [9.17, 15) is 9.59 Å². The van der Waals surface area contributed by atoms with Gasteiger partial charge in [-0.25, -0.2) is 0 Å². The average molecular weight is 383 g/mol. The predicted molar refractivity (Wildman–Crippen MR) is 110 cm³/mol. The van der Waals surface area contributed by atoms with E-state index in [0.717, 1.165) is 17.0 Å². The van der Waals surface area contributed by atoms with Crippen LogP contribution in [0.1, 0.15) is 41.9 Å². The molecule has 0 saturated heterocycles. The van der Waals surface area contributed by atoms with Gasteiger partial charge in [-0.15, -0.1) is 0 Å². The third-order valence-electron chi connectivity index (χ3n) is 4.72. The van der Waals surface area contributed by atoms with Crippen molar-refractivity contribution >= 4 is 18.0 Å². The minimum absolute atomic E-state index is 0.0675. The first-order valence-electron chi connectivity index (χ1n) is 9.38. The summed E-state index contributed by atoms with van der Waals surface area (Å²) in [5.41, 5.74) is 5.17. The van der Waals surface area contributed by atoms with E-state index in [1.54, 1.807) is 6.08 Å². The van der Waals surface area contributed by atoms with E-state index in [0.29, 0.717) is 6.54 Å². The fourth-order valence-electron chi connectivity index (χ4n) is 2.94. The van der Waals surface area contributed by atoms with Crippen LogP contribution in [-0.2, 0) is 20.9 Å². The summed E-state index contributed by atoms with van der Waals surface area (Å²) >= 11 is 0. The zero-order valence-electron chi connectivity index (χ0n) is 17.5. The van der Waals surface area contributed by atoms with Crippen LogP contribution in [-0.4, -0.2) is 46.3 Å². The van der Waals surface area contributed by atoms with Gasteiger partial charge in [0.15, 0.2) is 0 Å². The van der Waals surface area contributed by atoms with Crippen LogP contribution in [0.3, 0.4) is 0 Å². The molecule has 0 unspecified atom stereocenters. The number of carbonyl (C=O) groups excluding carboxylic acids is 2. The summed E-state index contributed by atoms with van der Waals surface area (Å²) in [4.78, 5) is 25.6. The Hall–Kier alpha value is -2.89. The highest BCUT2D eigenvalue weighted by Gasteiger charge is 2.19. The number of aromatic nitrogens is 2. The van der Waals surface area contributed by atoms with E-state index in [1.807, 2.05) is 32.4 Å². The predicted octanol–water partition coefficient (Wildman–Crippen LogP) is 3.28. The van der Waals surface area contributed by atoms with Crippen molar-refractivity contribution in [3.63, 3.8) is 0 Å². The van der Waals surface area contributed by atoms with Gasteiger partial charge in [0.05, 0.1) is 19.3 Å². The second-order valence-electron chi connectivity index (χ2n) is 7.20. The van der Waals surface area contributed by atoms with Gasteiger partial charge in [-0.2, -0.15) is 5.10 Å². The molecular formula is C22H29N3O3. The van der Waals surface area contributed by atoms with Gasteiger partial charge in [0.2, 0.25) is 5.91 Å². The molecule has 28 heavy (non-hydrogen) atoms. The monoisotopic (exact) mass is 383 g/mol. The first kappa shape index (κ1) is 21.4. The second-order valence-corrected chi connectivity index (χ2v) is 7.20. The molecule has 1 amide bonds. The lowest BCUT2D eigenvalue weighted by atomic mass is 10.1. The topological polar surface area (TPSA) is 64.4 Å². The molecule has 0 spiro atoms. The molecule has 0 atom stereocenters. The number of hydrogen-bond donors (Lipinski definition) is 0. The average Bonchev–Trinajstić information content (AvgIpc) is 2.92. The van der Waals surface area contributed by atoms with Crippen molar-refractivity contribution in [2.24, 2.45) is 0 Å². The number of amides is 1. The third kappa shape index (κ3) is 5.31. The van der Waals surface area contributed by atoms with Gasteiger partial charge >= 0.3 is 5.97 Å². The van der Waals surface area contributed by atoms with E-state index in [4.69, 9.17) is 0 Å². The summed E-state index contributed by atoms with van der Waals surface area (Å²) in [7, 11) is 1.32. The molecule has 0 aliphatic carbocycles. The number of esters is 1. The Morgan fingerprint density at radius 1 is 1.18 bits per heavy atom. The molecule has 0 saturated carbocycles. The lowest BCUT2D eigenvalue weighted by molar-refractivity contribution is -0.146. The van der Waals surface area contributed by atoms with Crippen molar-refractivity contribution in [3.8, 4) is 0 Å². The standard InChI is InChI=1S/C22H29N3O3/c1-15(2)24(14-22(27)28-6)21(26)12-11-20-17(4)23-25(18(20)5)13-19-9-7-16(3)8-10-19/h7-12,15H,13-14H2,1-6H3. The van der Waals surface area contributed by atoms with Crippen LogP contribution in [0.4, 0.5) is 0 Å². The molecule has 0 bridgehead atoms. The van der Waals surface area contributed by atoms with E-state index in [1.165, 1.54) is 29.2 Å². The molecular weight excluding hydrogens is 354 g/mol.